The van der Waals surface area contributed by atoms with Gasteiger partial charge in [0.05, 0.1) is 5.92 Å². The van der Waals surface area contributed by atoms with Gasteiger partial charge in [-0.25, -0.2) is 9.78 Å². The summed E-state index contributed by atoms with van der Waals surface area (Å²) in [6.45, 7) is 4.62. The summed E-state index contributed by atoms with van der Waals surface area (Å²) in [6, 6.07) is 2.96. The van der Waals surface area contributed by atoms with Gasteiger partial charge in [-0.2, -0.15) is 0 Å². The minimum absolute atomic E-state index is 0.0245. The van der Waals surface area contributed by atoms with Crippen molar-refractivity contribution in [3.63, 3.8) is 0 Å². The molecule has 3 fully saturated rings. The number of rotatable bonds is 6. The number of nitrogens with two attached hydrogens (primary N) is 1. The fourth-order valence-electron chi connectivity index (χ4n) is 5.05. The standard InChI is InChI=1S/C21H28N4O4/c1-12(2)6-13-11-24-20(28)25(19(13)27)14-7-21(8-14)9-15(10-21)29-18-16(17(22)26)4-3-5-23-18/h3-5,12-15H,6-11H2,1-2H3,(H2,22,26)(H,24,28)/t13?,14-,15-,21?. The molecule has 8 nitrogen and oxygen atoms in total. The lowest BCUT2D eigenvalue weighted by Crippen LogP contribution is -2.65. The van der Waals surface area contributed by atoms with Crippen LogP contribution in [0.5, 0.6) is 5.88 Å². The highest BCUT2D eigenvalue weighted by Crippen LogP contribution is 2.58. The SMILES string of the molecule is CC(C)CC1CNC(=O)N([C@H]2CC3(C[C@H](Oc4ncccc4C(N)=O)C3)C2)C1=O. The number of carbonyl (C=O) groups is 3. The number of pyridine rings is 1. The van der Waals surface area contributed by atoms with Crippen molar-refractivity contribution in [2.24, 2.45) is 23.0 Å². The summed E-state index contributed by atoms with van der Waals surface area (Å²) in [6.07, 6.45) is 5.62. The van der Waals surface area contributed by atoms with Crippen molar-refractivity contribution in [3.8, 4) is 5.88 Å². The van der Waals surface area contributed by atoms with Crippen molar-refractivity contribution >= 4 is 17.8 Å². The molecule has 1 aliphatic heterocycles. The van der Waals surface area contributed by atoms with Gasteiger partial charge in [-0.3, -0.25) is 14.5 Å². The zero-order chi connectivity index (χ0) is 20.8. The van der Waals surface area contributed by atoms with Gasteiger partial charge in [0.1, 0.15) is 11.7 Å². The molecule has 2 heterocycles. The van der Waals surface area contributed by atoms with E-state index >= 15 is 0 Å². The van der Waals surface area contributed by atoms with Crippen LogP contribution in [0.2, 0.25) is 0 Å². The molecular weight excluding hydrogens is 372 g/mol. The highest BCUT2D eigenvalue weighted by atomic mass is 16.5. The lowest BCUT2D eigenvalue weighted by atomic mass is 9.52. The molecule has 0 radical (unpaired) electrons. The first-order chi connectivity index (χ1) is 13.8. The summed E-state index contributed by atoms with van der Waals surface area (Å²) in [7, 11) is 0. The Kier molecular flexibility index (Phi) is 4.96. The van der Waals surface area contributed by atoms with Crippen molar-refractivity contribution in [2.75, 3.05) is 6.54 Å². The molecule has 1 saturated heterocycles. The van der Waals surface area contributed by atoms with Gasteiger partial charge in [0.15, 0.2) is 0 Å². The minimum Gasteiger partial charge on any atom is -0.474 e. The van der Waals surface area contributed by atoms with Crippen LogP contribution in [0.15, 0.2) is 18.3 Å². The second-order valence-corrected chi connectivity index (χ2v) is 9.15. The quantitative estimate of drug-likeness (QED) is 0.759. The Labute approximate surface area is 170 Å². The average Bonchev–Trinajstić information content (AvgIpc) is 2.60. The third-order valence-corrected chi connectivity index (χ3v) is 6.40. The van der Waals surface area contributed by atoms with Gasteiger partial charge in [-0.05, 0) is 55.6 Å². The molecule has 2 aliphatic carbocycles. The number of nitrogens with zero attached hydrogens (tertiary/aromatic N) is 2. The molecule has 8 heteroatoms. The van der Waals surface area contributed by atoms with E-state index in [-0.39, 0.29) is 46.9 Å². The van der Waals surface area contributed by atoms with Crippen LogP contribution in [-0.2, 0) is 4.79 Å². The van der Waals surface area contributed by atoms with E-state index in [1.165, 1.54) is 4.90 Å². The molecule has 29 heavy (non-hydrogen) atoms. The van der Waals surface area contributed by atoms with Crippen molar-refractivity contribution in [3.05, 3.63) is 23.9 Å². The molecular formula is C21H28N4O4. The smallest absolute Gasteiger partial charge is 0.324 e. The largest absolute Gasteiger partial charge is 0.474 e. The lowest BCUT2D eigenvalue weighted by molar-refractivity contribution is -0.149. The third-order valence-electron chi connectivity index (χ3n) is 6.40. The Hall–Kier alpha value is -2.64. The van der Waals surface area contributed by atoms with E-state index < -0.39 is 5.91 Å². The topological polar surface area (TPSA) is 115 Å². The van der Waals surface area contributed by atoms with Crippen molar-refractivity contribution < 1.29 is 19.1 Å². The van der Waals surface area contributed by atoms with Gasteiger partial charge in [0, 0.05) is 18.8 Å². The Morgan fingerprint density at radius 3 is 2.72 bits per heavy atom. The zero-order valence-corrected chi connectivity index (χ0v) is 16.9. The van der Waals surface area contributed by atoms with Gasteiger partial charge in [0.2, 0.25) is 11.8 Å². The molecule has 2 saturated carbocycles. The van der Waals surface area contributed by atoms with Crippen LogP contribution in [0.4, 0.5) is 4.79 Å². The second-order valence-electron chi connectivity index (χ2n) is 9.15. The Morgan fingerprint density at radius 2 is 2.07 bits per heavy atom. The maximum Gasteiger partial charge on any atom is 0.324 e. The van der Waals surface area contributed by atoms with E-state index in [1.807, 2.05) is 0 Å². The summed E-state index contributed by atoms with van der Waals surface area (Å²) in [5.41, 5.74) is 5.77. The second kappa shape index (κ2) is 7.31. The molecule has 156 valence electrons. The van der Waals surface area contributed by atoms with Gasteiger partial charge in [0.25, 0.3) is 5.91 Å². The first-order valence-corrected chi connectivity index (χ1v) is 10.3. The first kappa shape index (κ1) is 19.7. The molecule has 1 unspecified atom stereocenters. The van der Waals surface area contributed by atoms with Crippen molar-refractivity contribution in [1.29, 1.82) is 0 Å². The molecule has 1 spiro atoms. The van der Waals surface area contributed by atoms with Crippen molar-refractivity contribution in [1.82, 2.24) is 15.2 Å². The summed E-state index contributed by atoms with van der Waals surface area (Å²) in [5, 5.41) is 2.88. The Bertz CT molecular complexity index is 826. The number of urea groups is 1. The number of hydrogen-bond donors (Lipinski definition) is 2. The number of primary amides is 1. The predicted octanol–water partition coefficient (Wildman–Crippen LogP) is 2.08. The molecule has 3 aliphatic rings. The van der Waals surface area contributed by atoms with Crippen LogP contribution >= 0.6 is 0 Å². The molecule has 0 aromatic carbocycles. The van der Waals surface area contributed by atoms with E-state index in [9.17, 15) is 14.4 Å². The van der Waals surface area contributed by atoms with Gasteiger partial charge in [-0.15, -0.1) is 0 Å². The number of carbonyl (C=O) groups excluding carboxylic acids is 3. The zero-order valence-electron chi connectivity index (χ0n) is 16.9. The highest BCUT2D eigenvalue weighted by Gasteiger charge is 2.57. The van der Waals surface area contributed by atoms with Crippen LogP contribution in [0.25, 0.3) is 0 Å². The van der Waals surface area contributed by atoms with Crippen LogP contribution in [-0.4, -0.2) is 46.4 Å². The number of hydrogen-bond acceptors (Lipinski definition) is 5. The van der Waals surface area contributed by atoms with Crippen LogP contribution in [0, 0.1) is 17.3 Å². The molecule has 4 amide bonds. The molecule has 1 aromatic rings. The molecule has 3 N–H and O–H groups in total. The minimum atomic E-state index is -0.559. The molecule has 1 atom stereocenters. The number of ether oxygens (including phenoxy) is 1. The summed E-state index contributed by atoms with van der Waals surface area (Å²) in [4.78, 5) is 42.2. The van der Waals surface area contributed by atoms with Crippen LogP contribution in [0.3, 0.4) is 0 Å². The lowest BCUT2D eigenvalue weighted by Gasteiger charge is -2.59. The maximum absolute atomic E-state index is 12.8. The predicted molar refractivity (Wildman–Crippen MR) is 105 cm³/mol. The van der Waals surface area contributed by atoms with E-state index in [0.29, 0.717) is 12.5 Å². The number of imide groups is 1. The van der Waals surface area contributed by atoms with E-state index in [2.05, 4.69) is 24.1 Å². The molecule has 1 aromatic heterocycles. The van der Waals surface area contributed by atoms with E-state index in [0.717, 1.165) is 32.1 Å². The van der Waals surface area contributed by atoms with Crippen LogP contribution in [0.1, 0.15) is 56.3 Å². The van der Waals surface area contributed by atoms with Gasteiger partial charge < -0.3 is 15.8 Å². The van der Waals surface area contributed by atoms with Crippen LogP contribution < -0.4 is 15.8 Å². The third kappa shape index (κ3) is 3.68. The van der Waals surface area contributed by atoms with E-state index in [4.69, 9.17) is 10.5 Å². The average molecular weight is 400 g/mol. The highest BCUT2D eigenvalue weighted by molar-refractivity contribution is 5.98. The fourth-order valence-corrected chi connectivity index (χ4v) is 5.05. The fraction of sp³-hybridized carbons (Fsp3) is 0.619. The Balaban J connectivity index is 1.32. The summed E-state index contributed by atoms with van der Waals surface area (Å²) < 4.78 is 5.89. The molecule has 0 bridgehead atoms. The normalized spacial score (nSPS) is 31.3. The number of aromatic nitrogens is 1. The maximum atomic E-state index is 12.8. The van der Waals surface area contributed by atoms with Gasteiger partial charge in [-0.1, -0.05) is 13.8 Å². The van der Waals surface area contributed by atoms with E-state index in [1.54, 1.807) is 18.3 Å². The summed E-state index contributed by atoms with van der Waals surface area (Å²) >= 11 is 0. The van der Waals surface area contributed by atoms with Crippen molar-refractivity contribution in [2.45, 2.75) is 58.1 Å². The van der Waals surface area contributed by atoms with Gasteiger partial charge >= 0.3 is 6.03 Å². The monoisotopic (exact) mass is 400 g/mol. The number of nitrogens with one attached hydrogen (secondary N) is 1. The Morgan fingerprint density at radius 1 is 1.34 bits per heavy atom. The summed E-state index contributed by atoms with van der Waals surface area (Å²) in [5.74, 6) is -0.0312. The first-order valence-electron chi connectivity index (χ1n) is 10.3. The number of amides is 4. The molecule has 4 rings (SSSR count).